The van der Waals surface area contributed by atoms with Crippen molar-refractivity contribution in [1.29, 1.82) is 0 Å². The molecule has 3 nitrogen and oxygen atoms in total. The number of aromatic nitrogens is 1. The molecule has 1 N–H and O–H groups in total. The number of likely N-dealkylation sites (tertiary alicyclic amines) is 1. The minimum atomic E-state index is 0.943. The highest BCUT2D eigenvalue weighted by Gasteiger charge is 2.17. The first kappa shape index (κ1) is 12.4. The average Bonchev–Trinajstić information content (AvgIpc) is 2.40. The van der Waals surface area contributed by atoms with Gasteiger partial charge in [-0.15, -0.1) is 0 Å². The van der Waals surface area contributed by atoms with Crippen LogP contribution in [0.2, 0.25) is 0 Å². The van der Waals surface area contributed by atoms with E-state index < -0.39 is 0 Å². The minimum absolute atomic E-state index is 0.943. The fraction of sp³-hybridized carbons (Fsp3) is 0.643. The lowest BCUT2D eigenvalue weighted by Gasteiger charge is -2.31. The lowest BCUT2D eigenvalue weighted by atomic mass is 9.94. The third-order valence-electron chi connectivity index (χ3n) is 3.77. The molecule has 0 saturated carbocycles. The zero-order chi connectivity index (χ0) is 12.1. The summed E-state index contributed by atoms with van der Waals surface area (Å²) in [4.78, 5) is 6.90. The number of anilines is 1. The van der Waals surface area contributed by atoms with Crippen LogP contribution < -0.4 is 5.32 Å². The maximum Gasteiger partial charge on any atom is 0.125 e. The van der Waals surface area contributed by atoms with Gasteiger partial charge in [-0.25, -0.2) is 4.98 Å². The maximum atomic E-state index is 4.36. The van der Waals surface area contributed by atoms with Gasteiger partial charge in [0.25, 0.3) is 0 Å². The second kappa shape index (κ2) is 6.01. The van der Waals surface area contributed by atoms with Gasteiger partial charge in [0.2, 0.25) is 0 Å². The second-order valence-electron chi connectivity index (χ2n) is 4.93. The molecule has 0 bridgehead atoms. The topological polar surface area (TPSA) is 28.2 Å². The third kappa shape index (κ3) is 3.43. The van der Waals surface area contributed by atoms with Crippen molar-refractivity contribution in [3.05, 3.63) is 23.9 Å². The van der Waals surface area contributed by atoms with E-state index in [1.165, 1.54) is 37.9 Å². The van der Waals surface area contributed by atoms with Crippen molar-refractivity contribution in [3.8, 4) is 0 Å². The Labute approximate surface area is 104 Å². The Balaban J connectivity index is 1.84. The molecule has 0 amide bonds. The standard InChI is InChI=1S/C14H23N3/c1-3-12-6-8-17(9-7-12)11-13-4-5-14(15-2)16-10-13/h4-5,10,12H,3,6-9,11H2,1-2H3,(H,15,16). The van der Waals surface area contributed by atoms with Crippen molar-refractivity contribution >= 4 is 5.82 Å². The molecule has 1 saturated heterocycles. The molecule has 0 radical (unpaired) electrons. The molecule has 1 aromatic rings. The van der Waals surface area contributed by atoms with Crippen molar-refractivity contribution in [2.45, 2.75) is 32.7 Å². The maximum absolute atomic E-state index is 4.36. The summed E-state index contributed by atoms with van der Waals surface area (Å²) in [6.45, 7) is 5.84. The van der Waals surface area contributed by atoms with Crippen LogP contribution in [0.3, 0.4) is 0 Å². The Morgan fingerprint density at radius 3 is 2.65 bits per heavy atom. The summed E-state index contributed by atoms with van der Waals surface area (Å²) in [6.07, 6.45) is 6.04. The predicted molar refractivity (Wildman–Crippen MR) is 72.1 cm³/mol. The average molecular weight is 233 g/mol. The van der Waals surface area contributed by atoms with Crippen molar-refractivity contribution in [1.82, 2.24) is 9.88 Å². The molecule has 1 fully saturated rings. The van der Waals surface area contributed by atoms with Gasteiger partial charge in [0.15, 0.2) is 0 Å². The van der Waals surface area contributed by atoms with Crippen LogP contribution in [0, 0.1) is 5.92 Å². The van der Waals surface area contributed by atoms with E-state index in [1.54, 1.807) is 0 Å². The number of piperidine rings is 1. The second-order valence-corrected chi connectivity index (χ2v) is 4.93. The fourth-order valence-electron chi connectivity index (χ4n) is 2.48. The van der Waals surface area contributed by atoms with Gasteiger partial charge in [-0.05, 0) is 43.5 Å². The zero-order valence-corrected chi connectivity index (χ0v) is 10.9. The summed E-state index contributed by atoms with van der Waals surface area (Å²) >= 11 is 0. The first-order valence-electron chi connectivity index (χ1n) is 6.67. The van der Waals surface area contributed by atoms with Crippen LogP contribution in [0.1, 0.15) is 31.7 Å². The Hall–Kier alpha value is -1.09. The summed E-state index contributed by atoms with van der Waals surface area (Å²) in [7, 11) is 1.90. The first-order valence-corrected chi connectivity index (χ1v) is 6.67. The molecule has 0 atom stereocenters. The van der Waals surface area contributed by atoms with Gasteiger partial charge >= 0.3 is 0 Å². The van der Waals surface area contributed by atoms with Crippen LogP contribution in [0.4, 0.5) is 5.82 Å². The molecule has 2 heterocycles. The predicted octanol–water partition coefficient (Wildman–Crippen LogP) is 2.75. The fourth-order valence-corrected chi connectivity index (χ4v) is 2.48. The van der Waals surface area contributed by atoms with Crippen molar-refractivity contribution in [2.75, 3.05) is 25.5 Å². The lowest BCUT2D eigenvalue weighted by molar-refractivity contribution is 0.175. The van der Waals surface area contributed by atoms with E-state index in [-0.39, 0.29) is 0 Å². The number of nitrogens with zero attached hydrogens (tertiary/aromatic N) is 2. The SMILES string of the molecule is CCC1CCN(Cc2ccc(NC)nc2)CC1. The van der Waals surface area contributed by atoms with Gasteiger partial charge in [-0.1, -0.05) is 19.4 Å². The minimum Gasteiger partial charge on any atom is -0.373 e. The molecule has 1 aliphatic heterocycles. The number of pyridine rings is 1. The van der Waals surface area contributed by atoms with Crippen molar-refractivity contribution in [3.63, 3.8) is 0 Å². The Kier molecular flexibility index (Phi) is 4.37. The van der Waals surface area contributed by atoms with E-state index in [0.29, 0.717) is 0 Å². The van der Waals surface area contributed by atoms with E-state index in [2.05, 4.69) is 28.2 Å². The molecule has 0 unspecified atom stereocenters. The molecule has 0 spiro atoms. The zero-order valence-electron chi connectivity index (χ0n) is 10.9. The summed E-state index contributed by atoms with van der Waals surface area (Å²) in [5.41, 5.74) is 1.32. The highest BCUT2D eigenvalue weighted by atomic mass is 15.1. The van der Waals surface area contributed by atoms with Gasteiger partial charge < -0.3 is 5.32 Å². The van der Waals surface area contributed by atoms with Crippen LogP contribution in [-0.4, -0.2) is 30.0 Å². The largest absolute Gasteiger partial charge is 0.373 e. The summed E-state index contributed by atoms with van der Waals surface area (Å²) < 4.78 is 0. The van der Waals surface area contributed by atoms with E-state index in [4.69, 9.17) is 0 Å². The van der Waals surface area contributed by atoms with E-state index >= 15 is 0 Å². The van der Waals surface area contributed by atoms with Gasteiger partial charge in [0.05, 0.1) is 0 Å². The molecule has 1 aliphatic rings. The van der Waals surface area contributed by atoms with Crippen molar-refractivity contribution < 1.29 is 0 Å². The molecule has 1 aromatic heterocycles. The number of rotatable bonds is 4. The smallest absolute Gasteiger partial charge is 0.125 e. The van der Waals surface area contributed by atoms with Crippen LogP contribution in [-0.2, 0) is 6.54 Å². The van der Waals surface area contributed by atoms with Crippen LogP contribution >= 0.6 is 0 Å². The molecule has 94 valence electrons. The normalized spacial score (nSPS) is 18.2. The Morgan fingerprint density at radius 1 is 1.35 bits per heavy atom. The van der Waals surface area contributed by atoms with Crippen molar-refractivity contribution in [2.24, 2.45) is 5.92 Å². The molecular formula is C14H23N3. The van der Waals surface area contributed by atoms with Crippen LogP contribution in [0.5, 0.6) is 0 Å². The van der Waals surface area contributed by atoms with E-state index in [0.717, 1.165) is 18.3 Å². The number of hydrogen-bond acceptors (Lipinski definition) is 3. The molecule has 2 rings (SSSR count). The lowest BCUT2D eigenvalue weighted by Crippen LogP contribution is -2.33. The molecule has 3 heteroatoms. The Bertz CT molecular complexity index is 326. The molecule has 0 aliphatic carbocycles. The first-order chi connectivity index (χ1) is 8.31. The van der Waals surface area contributed by atoms with E-state index in [9.17, 15) is 0 Å². The monoisotopic (exact) mass is 233 g/mol. The highest BCUT2D eigenvalue weighted by Crippen LogP contribution is 2.21. The summed E-state index contributed by atoms with van der Waals surface area (Å²) in [6, 6.07) is 4.22. The highest BCUT2D eigenvalue weighted by molar-refractivity contribution is 5.34. The van der Waals surface area contributed by atoms with Gasteiger partial charge in [-0.3, -0.25) is 4.90 Å². The van der Waals surface area contributed by atoms with Gasteiger partial charge in [-0.2, -0.15) is 0 Å². The molecule has 0 aromatic carbocycles. The van der Waals surface area contributed by atoms with Gasteiger partial charge in [0, 0.05) is 19.8 Å². The number of hydrogen-bond donors (Lipinski definition) is 1. The third-order valence-corrected chi connectivity index (χ3v) is 3.77. The summed E-state index contributed by atoms with van der Waals surface area (Å²) in [5, 5.41) is 3.05. The van der Waals surface area contributed by atoms with Crippen LogP contribution in [0.25, 0.3) is 0 Å². The molecule has 17 heavy (non-hydrogen) atoms. The van der Waals surface area contributed by atoms with E-state index in [1.807, 2.05) is 19.3 Å². The van der Waals surface area contributed by atoms with Crippen LogP contribution in [0.15, 0.2) is 18.3 Å². The Morgan fingerprint density at radius 2 is 2.12 bits per heavy atom. The van der Waals surface area contributed by atoms with Gasteiger partial charge in [0.1, 0.15) is 5.82 Å². The summed E-state index contributed by atoms with van der Waals surface area (Å²) in [5.74, 6) is 1.90. The quantitative estimate of drug-likeness (QED) is 0.866. The number of nitrogens with one attached hydrogen (secondary N) is 1. The molecular weight excluding hydrogens is 210 g/mol.